The van der Waals surface area contributed by atoms with E-state index in [1.54, 1.807) is 6.20 Å². The van der Waals surface area contributed by atoms with E-state index in [-0.39, 0.29) is 0 Å². The molecule has 5 heteroatoms. The molecule has 2 aromatic rings. The number of fused-ring (bicyclic) bond motifs is 3. The average molecular weight is 339 g/mol. The number of hydrogen-bond acceptors (Lipinski definition) is 5. The molecular formula is C20H25N3O2. The van der Waals surface area contributed by atoms with Crippen LogP contribution >= 0.6 is 0 Å². The van der Waals surface area contributed by atoms with Gasteiger partial charge in [-0.25, -0.2) is 0 Å². The molecule has 0 aliphatic carbocycles. The summed E-state index contributed by atoms with van der Waals surface area (Å²) in [4.78, 5) is 6.55. The van der Waals surface area contributed by atoms with Crippen molar-refractivity contribution in [2.75, 3.05) is 31.1 Å². The summed E-state index contributed by atoms with van der Waals surface area (Å²) in [6, 6.07) is 8.14. The monoisotopic (exact) mass is 339 g/mol. The Labute approximate surface area is 149 Å². The molecule has 1 aromatic heterocycles. The van der Waals surface area contributed by atoms with Crippen molar-refractivity contribution >= 4 is 11.4 Å². The third-order valence-electron chi connectivity index (χ3n) is 4.75. The van der Waals surface area contributed by atoms with Crippen LogP contribution in [0.3, 0.4) is 0 Å². The standard InChI is InChI=1S/C20H25N3O2/c1-2-9-21-10-3-5-13-24-16-6-7-19-18(14-16)23(12-4-1)17-8-11-22-15-20(17)25-19/h6-8,11,14-15,21H,1-5,9-10,12-13H2. The summed E-state index contributed by atoms with van der Waals surface area (Å²) in [5.74, 6) is 2.61. The van der Waals surface area contributed by atoms with Gasteiger partial charge in [-0.2, -0.15) is 0 Å². The molecule has 2 aliphatic heterocycles. The molecule has 1 N–H and O–H groups in total. The lowest BCUT2D eigenvalue weighted by molar-refractivity contribution is 0.305. The Bertz CT molecular complexity index is 720. The lowest BCUT2D eigenvalue weighted by Crippen LogP contribution is -2.23. The molecule has 0 unspecified atom stereocenters. The van der Waals surface area contributed by atoms with Crippen LogP contribution < -0.4 is 19.7 Å². The van der Waals surface area contributed by atoms with Crippen LogP contribution in [0.2, 0.25) is 0 Å². The van der Waals surface area contributed by atoms with E-state index in [1.165, 1.54) is 12.8 Å². The zero-order valence-corrected chi connectivity index (χ0v) is 14.5. The highest BCUT2D eigenvalue weighted by Gasteiger charge is 2.24. The van der Waals surface area contributed by atoms with E-state index < -0.39 is 0 Å². The second kappa shape index (κ2) is 7.74. The number of ether oxygens (including phenoxy) is 2. The fourth-order valence-electron chi connectivity index (χ4n) is 3.41. The number of nitrogens with one attached hydrogen (secondary N) is 1. The normalized spacial score (nSPS) is 18.2. The minimum absolute atomic E-state index is 0.752. The summed E-state index contributed by atoms with van der Waals surface area (Å²) >= 11 is 0. The van der Waals surface area contributed by atoms with Crippen molar-refractivity contribution in [2.24, 2.45) is 0 Å². The highest BCUT2D eigenvalue weighted by molar-refractivity contribution is 5.78. The topological polar surface area (TPSA) is 46.6 Å². The molecule has 0 fully saturated rings. The highest BCUT2D eigenvalue weighted by Crippen LogP contribution is 2.47. The third kappa shape index (κ3) is 3.71. The van der Waals surface area contributed by atoms with E-state index >= 15 is 0 Å². The average Bonchev–Trinajstić information content (AvgIpc) is 2.65. The van der Waals surface area contributed by atoms with Crippen molar-refractivity contribution in [1.82, 2.24) is 10.3 Å². The van der Waals surface area contributed by atoms with Crippen LogP contribution in [0.15, 0.2) is 36.7 Å². The van der Waals surface area contributed by atoms with Crippen LogP contribution in [0.5, 0.6) is 17.2 Å². The molecule has 2 bridgehead atoms. The maximum absolute atomic E-state index is 6.06. The Balaban J connectivity index is 1.63. The smallest absolute Gasteiger partial charge is 0.169 e. The predicted octanol–water partition coefficient (Wildman–Crippen LogP) is 4.26. The Kier molecular flexibility index (Phi) is 5.02. The number of hydrogen-bond donors (Lipinski definition) is 1. The van der Waals surface area contributed by atoms with Crippen LogP contribution in [-0.2, 0) is 0 Å². The fourth-order valence-corrected chi connectivity index (χ4v) is 3.41. The Morgan fingerprint density at radius 2 is 1.84 bits per heavy atom. The second-order valence-electron chi connectivity index (χ2n) is 6.59. The van der Waals surface area contributed by atoms with Crippen molar-refractivity contribution in [3.63, 3.8) is 0 Å². The van der Waals surface area contributed by atoms with Crippen molar-refractivity contribution in [3.8, 4) is 17.2 Å². The van der Waals surface area contributed by atoms with Crippen molar-refractivity contribution < 1.29 is 9.47 Å². The van der Waals surface area contributed by atoms with Gasteiger partial charge in [0.25, 0.3) is 0 Å². The predicted molar refractivity (Wildman–Crippen MR) is 99.2 cm³/mol. The summed E-state index contributed by atoms with van der Waals surface area (Å²) in [6.45, 7) is 3.90. The Morgan fingerprint density at radius 3 is 2.80 bits per heavy atom. The number of aromatic nitrogens is 1. The molecule has 0 spiro atoms. The zero-order valence-electron chi connectivity index (χ0n) is 14.5. The number of pyridine rings is 1. The van der Waals surface area contributed by atoms with Gasteiger partial charge in [-0.3, -0.25) is 4.98 Å². The molecule has 0 saturated heterocycles. The van der Waals surface area contributed by atoms with E-state index in [1.807, 2.05) is 24.4 Å². The van der Waals surface area contributed by atoms with Crippen LogP contribution in [0.1, 0.15) is 32.1 Å². The molecule has 5 nitrogen and oxygen atoms in total. The first kappa shape index (κ1) is 16.2. The minimum atomic E-state index is 0.752. The number of rotatable bonds is 0. The third-order valence-corrected chi connectivity index (χ3v) is 4.75. The molecule has 25 heavy (non-hydrogen) atoms. The van der Waals surface area contributed by atoms with Gasteiger partial charge in [0.2, 0.25) is 0 Å². The van der Waals surface area contributed by atoms with E-state index in [9.17, 15) is 0 Å². The van der Waals surface area contributed by atoms with Crippen LogP contribution in [0.25, 0.3) is 0 Å². The molecule has 1 aromatic carbocycles. The number of nitrogens with zero attached hydrogens (tertiary/aromatic N) is 2. The maximum Gasteiger partial charge on any atom is 0.169 e. The van der Waals surface area contributed by atoms with Gasteiger partial charge < -0.3 is 19.7 Å². The summed E-state index contributed by atoms with van der Waals surface area (Å²) < 4.78 is 12.0. The van der Waals surface area contributed by atoms with E-state index in [0.29, 0.717) is 0 Å². The van der Waals surface area contributed by atoms with Crippen molar-refractivity contribution in [1.29, 1.82) is 0 Å². The zero-order chi connectivity index (χ0) is 16.9. The van der Waals surface area contributed by atoms with Gasteiger partial charge in [-0.05, 0) is 57.0 Å². The van der Waals surface area contributed by atoms with E-state index in [2.05, 4.69) is 21.3 Å². The lowest BCUT2D eigenvalue weighted by Gasteiger charge is -2.32. The van der Waals surface area contributed by atoms with Crippen LogP contribution in [0.4, 0.5) is 11.4 Å². The SMILES string of the molecule is c1cc2c(cn1)Oc1ccc3cc1N2CCCCCNCCCCO3. The maximum atomic E-state index is 6.06. The molecule has 4 rings (SSSR count). The lowest BCUT2D eigenvalue weighted by atomic mass is 10.1. The van der Waals surface area contributed by atoms with Gasteiger partial charge in [0, 0.05) is 18.8 Å². The van der Waals surface area contributed by atoms with Gasteiger partial charge in [0.05, 0.1) is 24.2 Å². The number of benzene rings is 1. The molecule has 0 radical (unpaired) electrons. The first-order chi connectivity index (χ1) is 12.4. The fraction of sp³-hybridized carbons (Fsp3) is 0.450. The second-order valence-corrected chi connectivity index (χ2v) is 6.59. The first-order valence-corrected chi connectivity index (χ1v) is 9.29. The summed E-state index contributed by atoms with van der Waals surface area (Å²) in [6.07, 6.45) is 9.43. The first-order valence-electron chi connectivity index (χ1n) is 9.29. The van der Waals surface area contributed by atoms with Gasteiger partial charge in [0.1, 0.15) is 5.75 Å². The van der Waals surface area contributed by atoms with Crippen LogP contribution in [-0.4, -0.2) is 31.2 Å². The van der Waals surface area contributed by atoms with Gasteiger partial charge >= 0.3 is 0 Å². The highest BCUT2D eigenvalue weighted by atomic mass is 16.5. The molecule has 132 valence electrons. The molecule has 0 atom stereocenters. The van der Waals surface area contributed by atoms with Gasteiger partial charge in [-0.1, -0.05) is 6.42 Å². The number of anilines is 2. The Morgan fingerprint density at radius 1 is 0.920 bits per heavy atom. The summed E-state index contributed by atoms with van der Waals surface area (Å²) in [5.41, 5.74) is 2.17. The Hall–Kier alpha value is -2.27. The molecule has 2 aliphatic rings. The summed E-state index contributed by atoms with van der Waals surface area (Å²) in [7, 11) is 0. The van der Waals surface area contributed by atoms with Crippen molar-refractivity contribution in [3.05, 3.63) is 36.7 Å². The van der Waals surface area contributed by atoms with E-state index in [0.717, 1.165) is 74.1 Å². The molecular weight excluding hydrogens is 314 g/mol. The van der Waals surface area contributed by atoms with Gasteiger partial charge in [-0.15, -0.1) is 0 Å². The largest absolute Gasteiger partial charge is 0.494 e. The summed E-state index contributed by atoms with van der Waals surface area (Å²) in [5, 5.41) is 3.52. The molecule has 3 heterocycles. The van der Waals surface area contributed by atoms with Crippen molar-refractivity contribution in [2.45, 2.75) is 32.1 Å². The molecule has 0 amide bonds. The van der Waals surface area contributed by atoms with E-state index in [4.69, 9.17) is 9.47 Å². The molecule has 0 saturated carbocycles. The van der Waals surface area contributed by atoms with Crippen LogP contribution in [0, 0.1) is 0 Å². The quantitative estimate of drug-likeness (QED) is 0.777. The van der Waals surface area contributed by atoms with Gasteiger partial charge in [0.15, 0.2) is 11.5 Å². The minimum Gasteiger partial charge on any atom is -0.494 e.